The second-order valence-electron chi connectivity index (χ2n) is 9.98. The molecule has 0 radical (unpaired) electrons. The fourth-order valence-electron chi connectivity index (χ4n) is 5.01. The van der Waals surface area contributed by atoms with Crippen LogP contribution in [-0.4, -0.2) is 102 Å². The Bertz CT molecular complexity index is 1430. The van der Waals surface area contributed by atoms with E-state index in [0.29, 0.717) is 43.3 Å². The number of hydrogen-bond acceptors (Lipinski definition) is 13. The Morgan fingerprint density at radius 2 is 1.73 bits per heavy atom. The van der Waals surface area contributed by atoms with Crippen molar-refractivity contribution in [1.29, 1.82) is 0 Å². The largest absolute Gasteiger partial charge is 0.435 e. The number of morpholine rings is 1. The fourth-order valence-corrected chi connectivity index (χ4v) is 5.01. The second-order valence-corrected chi connectivity index (χ2v) is 9.98. The smallest absolute Gasteiger partial charge is 0.354 e. The fraction of sp³-hybridized carbons (Fsp3) is 0.400. The predicted molar refractivity (Wildman–Crippen MR) is 130 cm³/mol. The highest BCUT2D eigenvalue weighted by Gasteiger charge is 2.75. The van der Waals surface area contributed by atoms with Crippen LogP contribution in [0.3, 0.4) is 0 Å². The first kappa shape index (κ1) is 28.9. The third-order valence-corrected chi connectivity index (χ3v) is 7.40. The molecule has 0 saturated carbocycles. The molecule has 2 fully saturated rings. The molecule has 0 aromatic heterocycles. The molecule has 0 bridgehead atoms. The highest BCUT2D eigenvalue weighted by Crippen LogP contribution is 2.42. The monoisotopic (exact) mass is 578 g/mol. The summed E-state index contributed by atoms with van der Waals surface area (Å²) >= 11 is 0. The number of rotatable bonds is 6. The molecule has 15 nitrogen and oxygen atoms in total. The van der Waals surface area contributed by atoms with Gasteiger partial charge in [0.05, 0.1) is 25.3 Å². The predicted octanol–water partition coefficient (Wildman–Crippen LogP) is -3.54. The molecule has 9 N–H and O–H groups in total. The number of imide groups is 1. The molecule has 41 heavy (non-hydrogen) atoms. The lowest BCUT2D eigenvalue weighted by molar-refractivity contribution is -0.374. The van der Waals surface area contributed by atoms with Crippen LogP contribution in [0.4, 0.5) is 4.39 Å². The molecule has 2 aromatic rings. The minimum atomic E-state index is -4.10. The van der Waals surface area contributed by atoms with Crippen molar-refractivity contribution in [2.75, 3.05) is 26.3 Å². The molecule has 2 saturated heterocycles. The molecule has 2 aromatic carbocycles. The van der Waals surface area contributed by atoms with E-state index in [2.05, 4.69) is 0 Å². The van der Waals surface area contributed by atoms with Crippen LogP contribution in [0.2, 0.25) is 0 Å². The van der Waals surface area contributed by atoms with Gasteiger partial charge in [0.2, 0.25) is 5.66 Å². The number of fused-ring (bicyclic) bond motifs is 1. The maximum Gasteiger partial charge on any atom is 0.354 e. The third kappa shape index (κ3) is 4.45. The van der Waals surface area contributed by atoms with Crippen molar-refractivity contribution < 1.29 is 58.9 Å². The van der Waals surface area contributed by atoms with Gasteiger partial charge in [0.15, 0.2) is 0 Å². The maximum atomic E-state index is 14.8. The highest BCUT2D eigenvalue weighted by molar-refractivity contribution is 6.10. The number of nitrogens with zero attached hydrogens (tertiary/aromatic N) is 2. The minimum Gasteiger partial charge on any atom is -0.435 e. The van der Waals surface area contributed by atoms with E-state index in [9.17, 15) is 49.4 Å². The van der Waals surface area contributed by atoms with E-state index in [4.69, 9.17) is 15.2 Å². The van der Waals surface area contributed by atoms with Gasteiger partial charge >= 0.3 is 11.8 Å². The van der Waals surface area contributed by atoms with Crippen LogP contribution in [0.1, 0.15) is 27.0 Å². The first-order valence-corrected chi connectivity index (χ1v) is 12.3. The van der Waals surface area contributed by atoms with Crippen LogP contribution in [0.15, 0.2) is 36.4 Å². The lowest BCUT2D eigenvalue weighted by Crippen LogP contribution is -2.88. The molecule has 0 spiro atoms. The van der Waals surface area contributed by atoms with Gasteiger partial charge in [-0.05, 0) is 29.8 Å². The van der Waals surface area contributed by atoms with Crippen LogP contribution in [0.5, 0.6) is 5.75 Å². The van der Waals surface area contributed by atoms with Gasteiger partial charge in [-0.25, -0.2) is 4.39 Å². The van der Waals surface area contributed by atoms with Crippen molar-refractivity contribution in [3.8, 4) is 5.75 Å². The number of piperidine rings is 1. The summed E-state index contributed by atoms with van der Waals surface area (Å²) in [5.74, 6) is -17.5. The van der Waals surface area contributed by atoms with E-state index in [1.54, 1.807) is 0 Å². The molecule has 5 rings (SSSR count). The molecular weight excluding hydrogens is 551 g/mol. The lowest BCUT2D eigenvalue weighted by Gasteiger charge is -2.51. The standard InChI is InChI=1S/C25H27FN4O11/c26-17-5-4-13(11-29-6-8-40-9-7-29)10-16(17)24(36,37)41-18-3-1-2-14-15(18)12-30(19(14)31)22(27)20(32)28-21(33)23(34,35)25(22,38)39/h1-5,10,34-39H,6-9,11-12,27H2,(H,28,32,33). The van der Waals surface area contributed by atoms with Crippen molar-refractivity contribution in [1.82, 2.24) is 15.1 Å². The van der Waals surface area contributed by atoms with Crippen LogP contribution in [-0.2, 0) is 33.4 Å². The first-order valence-electron chi connectivity index (χ1n) is 12.3. The van der Waals surface area contributed by atoms with Gasteiger partial charge in [-0.15, -0.1) is 0 Å². The zero-order chi connectivity index (χ0) is 30.0. The molecule has 3 aliphatic rings. The Kier molecular flexibility index (Phi) is 6.89. The quantitative estimate of drug-likeness (QED) is 0.123. The number of nitrogens with two attached hydrogens (primary N) is 1. The molecule has 1 unspecified atom stereocenters. The van der Waals surface area contributed by atoms with E-state index in [1.807, 2.05) is 4.90 Å². The van der Waals surface area contributed by atoms with Gasteiger partial charge in [0, 0.05) is 30.8 Å². The summed E-state index contributed by atoms with van der Waals surface area (Å²) in [6.45, 7) is 1.88. The van der Waals surface area contributed by atoms with Gasteiger partial charge in [-0.1, -0.05) is 12.1 Å². The van der Waals surface area contributed by atoms with E-state index in [1.165, 1.54) is 35.6 Å². The average molecular weight is 579 g/mol. The third-order valence-electron chi connectivity index (χ3n) is 7.40. The Morgan fingerprint density at radius 3 is 2.41 bits per heavy atom. The molecule has 3 aliphatic heterocycles. The maximum absolute atomic E-state index is 14.8. The lowest BCUT2D eigenvalue weighted by atomic mass is 9.84. The van der Waals surface area contributed by atoms with Crippen LogP contribution >= 0.6 is 0 Å². The molecule has 3 amide bonds. The summed E-state index contributed by atoms with van der Waals surface area (Å²) in [6.07, 6.45) is 0. The van der Waals surface area contributed by atoms with Crippen LogP contribution < -0.4 is 15.8 Å². The van der Waals surface area contributed by atoms with Crippen LogP contribution in [0, 0.1) is 5.82 Å². The number of amides is 3. The van der Waals surface area contributed by atoms with Crippen molar-refractivity contribution >= 4 is 17.7 Å². The zero-order valence-electron chi connectivity index (χ0n) is 21.3. The van der Waals surface area contributed by atoms with E-state index in [-0.39, 0.29) is 11.1 Å². The Labute approximate surface area is 230 Å². The van der Waals surface area contributed by atoms with Gasteiger partial charge in [0.1, 0.15) is 11.6 Å². The summed E-state index contributed by atoms with van der Waals surface area (Å²) < 4.78 is 25.4. The number of carbonyl (C=O) groups excluding carboxylic acids is 3. The Balaban J connectivity index is 1.45. The Morgan fingerprint density at radius 1 is 1.05 bits per heavy atom. The number of nitrogens with one attached hydrogen (secondary N) is 1. The summed E-state index contributed by atoms with van der Waals surface area (Å²) in [7, 11) is 0. The topological polar surface area (TPSA) is 236 Å². The average Bonchev–Trinajstić information content (AvgIpc) is 3.26. The Hall–Kier alpha value is -3.58. The molecule has 3 heterocycles. The van der Waals surface area contributed by atoms with E-state index in [0.717, 1.165) is 6.07 Å². The van der Waals surface area contributed by atoms with E-state index < -0.39 is 64.6 Å². The van der Waals surface area contributed by atoms with Gasteiger partial charge in [0.25, 0.3) is 23.5 Å². The summed E-state index contributed by atoms with van der Waals surface area (Å²) in [4.78, 5) is 40.1. The summed E-state index contributed by atoms with van der Waals surface area (Å²) in [5.41, 5.74) is 2.06. The molecule has 16 heteroatoms. The molecule has 220 valence electrons. The number of benzene rings is 2. The summed E-state index contributed by atoms with van der Waals surface area (Å²) in [5, 5.41) is 64.1. The van der Waals surface area contributed by atoms with Crippen molar-refractivity contribution in [2.24, 2.45) is 5.73 Å². The minimum absolute atomic E-state index is 0.151. The van der Waals surface area contributed by atoms with Crippen molar-refractivity contribution in [2.45, 2.75) is 36.3 Å². The SMILES string of the molecule is NC1(N2Cc3c(OC(O)(O)c4cc(CN5CCOCC5)ccc4F)cccc3C2=O)C(=O)NC(=O)C(O)(O)C1(O)O. The van der Waals surface area contributed by atoms with Gasteiger partial charge < -0.3 is 45.0 Å². The normalized spacial score (nSPS) is 24.3. The first-order chi connectivity index (χ1) is 19.1. The van der Waals surface area contributed by atoms with Gasteiger partial charge in [-0.2, -0.15) is 0 Å². The zero-order valence-corrected chi connectivity index (χ0v) is 21.3. The van der Waals surface area contributed by atoms with Crippen LogP contribution in [0.25, 0.3) is 0 Å². The number of carbonyl (C=O) groups is 3. The number of ether oxygens (including phenoxy) is 2. The van der Waals surface area contributed by atoms with Gasteiger partial charge in [-0.3, -0.25) is 30.3 Å². The second kappa shape index (κ2) is 9.76. The molecule has 0 aliphatic carbocycles. The number of halogens is 1. The number of aliphatic hydroxyl groups is 6. The molecule has 1 atom stereocenters. The summed E-state index contributed by atoms with van der Waals surface area (Å²) in [6, 6.07) is 7.36. The van der Waals surface area contributed by atoms with Crippen molar-refractivity contribution in [3.63, 3.8) is 0 Å². The molecular formula is C25H27FN4O11. The van der Waals surface area contributed by atoms with E-state index >= 15 is 0 Å². The highest BCUT2D eigenvalue weighted by atomic mass is 19.1. The van der Waals surface area contributed by atoms with Crippen molar-refractivity contribution in [3.05, 3.63) is 64.5 Å². The number of hydrogen-bond donors (Lipinski definition) is 8.